The molecule has 112 valence electrons. The molecule has 3 rings (SSSR count). The van der Waals surface area contributed by atoms with Crippen LogP contribution in [0.4, 0.5) is 4.79 Å². The van der Waals surface area contributed by atoms with Gasteiger partial charge in [-0.3, -0.25) is 0 Å². The normalized spacial score (nSPS) is 23.7. The number of fused-ring (bicyclic) bond motifs is 3. The Morgan fingerprint density at radius 1 is 1.48 bits per heavy atom. The molecule has 1 aromatic heterocycles. The van der Waals surface area contributed by atoms with Crippen LogP contribution in [0.3, 0.4) is 0 Å². The first kappa shape index (κ1) is 14.7. The summed E-state index contributed by atoms with van der Waals surface area (Å²) >= 11 is 7.64. The van der Waals surface area contributed by atoms with Crippen LogP contribution in [0.15, 0.2) is 0 Å². The Hall–Kier alpha value is -1.25. The molecule has 0 radical (unpaired) electrons. The number of carbonyl (C=O) groups is 1. The molecule has 0 bridgehead atoms. The molecule has 4 nitrogen and oxygen atoms in total. The smallest absolute Gasteiger partial charge is 0.410 e. The number of carbonyl (C=O) groups excluding carboxylic acids is 1. The Balaban J connectivity index is 1.80. The summed E-state index contributed by atoms with van der Waals surface area (Å²) < 4.78 is 6.02. The predicted octanol–water partition coefficient (Wildman–Crippen LogP) is 3.78. The second-order valence-electron chi connectivity index (χ2n) is 6.66. The van der Waals surface area contributed by atoms with E-state index in [0.717, 1.165) is 12.0 Å². The monoisotopic (exact) mass is 324 g/mol. The van der Waals surface area contributed by atoms with Crippen LogP contribution < -0.4 is 0 Å². The van der Waals surface area contributed by atoms with Gasteiger partial charge < -0.3 is 9.64 Å². The van der Waals surface area contributed by atoms with Crippen molar-refractivity contribution in [3.63, 3.8) is 0 Å². The van der Waals surface area contributed by atoms with E-state index in [-0.39, 0.29) is 12.0 Å². The van der Waals surface area contributed by atoms with Gasteiger partial charge in [0.05, 0.1) is 5.56 Å². The Kier molecular flexibility index (Phi) is 3.42. The van der Waals surface area contributed by atoms with E-state index in [1.54, 1.807) is 4.90 Å². The number of likely N-dealkylation sites (tertiary alicyclic amines) is 1. The maximum Gasteiger partial charge on any atom is 0.410 e. The molecule has 2 heterocycles. The zero-order valence-corrected chi connectivity index (χ0v) is 13.8. The molecule has 1 aliphatic heterocycles. The number of thiophene rings is 1. The third-order valence-corrected chi connectivity index (χ3v) is 5.44. The van der Waals surface area contributed by atoms with Crippen molar-refractivity contribution in [2.45, 2.75) is 38.7 Å². The molecular formula is C15H17ClN2O2S. The standard InChI is InChI=1S/C15H17ClN2O2S/c1-15(2,3)20-14(19)18-6-8-4-11-12(10(8)7-18)9(5-17)13(16)21-11/h8,10H,4,6-7H2,1-3H3. The predicted molar refractivity (Wildman–Crippen MR) is 81.8 cm³/mol. The highest BCUT2D eigenvalue weighted by Gasteiger charge is 2.45. The summed E-state index contributed by atoms with van der Waals surface area (Å²) in [4.78, 5) is 15.2. The molecule has 2 aliphatic rings. The lowest BCUT2D eigenvalue weighted by Crippen LogP contribution is -2.35. The number of amides is 1. The van der Waals surface area contributed by atoms with Crippen LogP contribution in [-0.4, -0.2) is 29.7 Å². The molecule has 2 atom stereocenters. The van der Waals surface area contributed by atoms with Gasteiger partial charge in [0.2, 0.25) is 0 Å². The average Bonchev–Trinajstić information content (AvgIpc) is 2.95. The summed E-state index contributed by atoms with van der Waals surface area (Å²) in [6.45, 7) is 6.92. The maximum atomic E-state index is 12.2. The van der Waals surface area contributed by atoms with Gasteiger partial charge in [-0.25, -0.2) is 4.79 Å². The quantitative estimate of drug-likeness (QED) is 0.729. The number of rotatable bonds is 0. The van der Waals surface area contributed by atoms with Gasteiger partial charge in [0.1, 0.15) is 16.0 Å². The molecule has 0 saturated carbocycles. The summed E-state index contributed by atoms with van der Waals surface area (Å²) in [7, 11) is 0. The minimum absolute atomic E-state index is 0.228. The van der Waals surface area contributed by atoms with Gasteiger partial charge >= 0.3 is 6.09 Å². The first-order valence-corrected chi connectivity index (χ1v) is 8.18. The van der Waals surface area contributed by atoms with Crippen LogP contribution in [0.5, 0.6) is 0 Å². The van der Waals surface area contributed by atoms with Crippen molar-refractivity contribution in [1.29, 1.82) is 5.26 Å². The zero-order valence-electron chi connectivity index (χ0n) is 12.3. The van der Waals surface area contributed by atoms with E-state index in [1.807, 2.05) is 20.8 Å². The van der Waals surface area contributed by atoms with Crippen molar-refractivity contribution in [2.24, 2.45) is 5.92 Å². The van der Waals surface area contributed by atoms with Crippen LogP contribution in [-0.2, 0) is 11.2 Å². The first-order chi connectivity index (χ1) is 9.80. The summed E-state index contributed by atoms with van der Waals surface area (Å²) in [6.07, 6.45) is 0.643. The second-order valence-corrected chi connectivity index (χ2v) is 8.36. The van der Waals surface area contributed by atoms with Gasteiger partial charge in [0.15, 0.2) is 0 Å². The topological polar surface area (TPSA) is 53.3 Å². The van der Waals surface area contributed by atoms with E-state index in [0.29, 0.717) is 28.9 Å². The summed E-state index contributed by atoms with van der Waals surface area (Å²) in [5.74, 6) is 0.619. The van der Waals surface area contributed by atoms with Crippen molar-refractivity contribution in [2.75, 3.05) is 13.1 Å². The Morgan fingerprint density at radius 3 is 2.81 bits per heavy atom. The van der Waals surface area contributed by atoms with E-state index in [4.69, 9.17) is 16.3 Å². The Labute approximate surface area is 133 Å². The number of hydrogen-bond acceptors (Lipinski definition) is 4. The van der Waals surface area contributed by atoms with Gasteiger partial charge in [-0.2, -0.15) is 5.26 Å². The highest BCUT2D eigenvalue weighted by atomic mass is 35.5. The molecule has 1 aliphatic carbocycles. The van der Waals surface area contributed by atoms with E-state index < -0.39 is 5.60 Å². The molecule has 0 N–H and O–H groups in total. The molecule has 1 fully saturated rings. The largest absolute Gasteiger partial charge is 0.444 e. The van der Waals surface area contributed by atoms with E-state index in [1.165, 1.54) is 16.2 Å². The van der Waals surface area contributed by atoms with Crippen molar-refractivity contribution in [3.05, 3.63) is 20.3 Å². The SMILES string of the molecule is CC(C)(C)OC(=O)N1CC2Cc3sc(Cl)c(C#N)c3C2C1. The lowest BCUT2D eigenvalue weighted by molar-refractivity contribution is 0.0286. The summed E-state index contributed by atoms with van der Waals surface area (Å²) in [6, 6.07) is 2.21. The van der Waals surface area contributed by atoms with Crippen LogP contribution in [0.1, 0.15) is 42.7 Å². The molecule has 21 heavy (non-hydrogen) atoms. The van der Waals surface area contributed by atoms with Gasteiger partial charge in [0, 0.05) is 23.9 Å². The minimum Gasteiger partial charge on any atom is -0.444 e. The van der Waals surface area contributed by atoms with Gasteiger partial charge in [0.25, 0.3) is 0 Å². The van der Waals surface area contributed by atoms with Crippen LogP contribution >= 0.6 is 22.9 Å². The van der Waals surface area contributed by atoms with Crippen molar-refractivity contribution in [3.8, 4) is 6.07 Å². The summed E-state index contributed by atoms with van der Waals surface area (Å²) in [5, 5.41) is 9.29. The molecule has 6 heteroatoms. The summed E-state index contributed by atoms with van der Waals surface area (Å²) in [5.41, 5.74) is 1.20. The van der Waals surface area contributed by atoms with E-state index in [9.17, 15) is 10.1 Å². The molecular weight excluding hydrogens is 308 g/mol. The highest BCUT2D eigenvalue weighted by molar-refractivity contribution is 7.16. The Bertz CT molecular complexity index is 641. The molecule has 2 unspecified atom stereocenters. The third-order valence-electron chi connectivity index (χ3n) is 4.00. The first-order valence-electron chi connectivity index (χ1n) is 6.99. The van der Waals surface area contributed by atoms with Gasteiger partial charge in [-0.05, 0) is 38.7 Å². The molecule has 1 aromatic rings. The molecule has 0 spiro atoms. The fourth-order valence-corrected chi connectivity index (χ4v) is 4.78. The van der Waals surface area contributed by atoms with Crippen LogP contribution in [0.25, 0.3) is 0 Å². The number of hydrogen-bond donors (Lipinski definition) is 0. The van der Waals surface area contributed by atoms with Gasteiger partial charge in [-0.15, -0.1) is 11.3 Å². The number of ether oxygens (including phenoxy) is 1. The molecule has 0 aromatic carbocycles. The van der Waals surface area contributed by atoms with Crippen molar-refractivity contribution < 1.29 is 9.53 Å². The zero-order chi connectivity index (χ0) is 15.4. The second kappa shape index (κ2) is 4.89. The van der Waals surface area contributed by atoms with E-state index >= 15 is 0 Å². The Morgan fingerprint density at radius 2 is 2.19 bits per heavy atom. The number of nitriles is 1. The van der Waals surface area contributed by atoms with Crippen LogP contribution in [0.2, 0.25) is 4.34 Å². The maximum absolute atomic E-state index is 12.2. The van der Waals surface area contributed by atoms with Crippen molar-refractivity contribution >= 4 is 29.0 Å². The number of halogens is 1. The molecule has 1 amide bonds. The minimum atomic E-state index is -0.483. The number of nitrogens with zero attached hydrogens (tertiary/aromatic N) is 2. The highest BCUT2D eigenvalue weighted by Crippen LogP contribution is 2.50. The lowest BCUT2D eigenvalue weighted by Gasteiger charge is -2.24. The van der Waals surface area contributed by atoms with Crippen LogP contribution in [0, 0.1) is 17.2 Å². The average molecular weight is 325 g/mol. The molecule has 1 saturated heterocycles. The fraction of sp³-hybridized carbons (Fsp3) is 0.600. The third kappa shape index (κ3) is 2.51. The van der Waals surface area contributed by atoms with E-state index in [2.05, 4.69) is 6.07 Å². The van der Waals surface area contributed by atoms with Gasteiger partial charge in [-0.1, -0.05) is 11.6 Å². The van der Waals surface area contributed by atoms with Crippen molar-refractivity contribution in [1.82, 2.24) is 4.90 Å². The lowest BCUT2D eigenvalue weighted by atomic mass is 9.95. The fourth-order valence-electron chi connectivity index (χ4n) is 3.23.